The van der Waals surface area contributed by atoms with Crippen molar-refractivity contribution in [2.24, 2.45) is 5.73 Å². The van der Waals surface area contributed by atoms with E-state index < -0.39 is 11.6 Å². The molecule has 0 fully saturated rings. The van der Waals surface area contributed by atoms with E-state index in [1.54, 1.807) is 6.08 Å². The smallest absolute Gasteiger partial charge is 0.159 e. The quantitative estimate of drug-likeness (QED) is 0.764. The zero-order valence-corrected chi connectivity index (χ0v) is 7.13. The third kappa shape index (κ3) is 2.95. The number of hydrogen-bond donors (Lipinski definition) is 1. The molecule has 13 heavy (non-hydrogen) atoms. The van der Waals surface area contributed by atoms with E-state index in [9.17, 15) is 8.78 Å². The molecule has 0 amide bonds. The summed E-state index contributed by atoms with van der Waals surface area (Å²) < 4.78 is 25.1. The van der Waals surface area contributed by atoms with Crippen LogP contribution in [0.3, 0.4) is 0 Å². The predicted octanol–water partition coefficient (Wildman–Crippen LogP) is 2.33. The summed E-state index contributed by atoms with van der Waals surface area (Å²) in [5.74, 6) is -1.65. The molecule has 0 aliphatic heterocycles. The summed E-state index contributed by atoms with van der Waals surface area (Å²) in [5, 5.41) is 0. The van der Waals surface area contributed by atoms with Gasteiger partial charge in [-0.3, -0.25) is 0 Å². The Kier molecular flexibility index (Phi) is 3.58. The molecule has 0 radical (unpaired) electrons. The molecule has 3 heteroatoms. The molecule has 1 rings (SSSR count). The van der Waals surface area contributed by atoms with Crippen LogP contribution in [0.4, 0.5) is 8.78 Å². The van der Waals surface area contributed by atoms with E-state index in [-0.39, 0.29) is 0 Å². The van der Waals surface area contributed by atoms with Crippen molar-refractivity contribution in [3.05, 3.63) is 41.5 Å². The lowest BCUT2D eigenvalue weighted by molar-refractivity contribution is 0.508. The summed E-state index contributed by atoms with van der Waals surface area (Å²) in [6, 6.07) is 3.78. The summed E-state index contributed by atoms with van der Waals surface area (Å²) in [6.45, 7) is 0.556. The third-order valence-electron chi connectivity index (χ3n) is 1.59. The van der Waals surface area contributed by atoms with Crippen LogP contribution in [-0.2, 0) is 0 Å². The molecule has 2 N–H and O–H groups in total. The Labute approximate surface area is 75.9 Å². The van der Waals surface area contributed by atoms with Gasteiger partial charge in [0.2, 0.25) is 0 Å². The molecule has 0 bridgehead atoms. The Morgan fingerprint density at radius 2 is 2.00 bits per heavy atom. The fraction of sp³-hybridized carbons (Fsp3) is 0.200. The Morgan fingerprint density at radius 3 is 2.62 bits per heavy atom. The number of nitrogens with two attached hydrogens (primary N) is 1. The van der Waals surface area contributed by atoms with Crippen molar-refractivity contribution in [1.82, 2.24) is 0 Å². The van der Waals surface area contributed by atoms with E-state index in [2.05, 4.69) is 0 Å². The second-order valence-electron chi connectivity index (χ2n) is 2.65. The van der Waals surface area contributed by atoms with Gasteiger partial charge >= 0.3 is 0 Å². The zero-order valence-electron chi connectivity index (χ0n) is 7.13. The second kappa shape index (κ2) is 4.72. The third-order valence-corrected chi connectivity index (χ3v) is 1.59. The van der Waals surface area contributed by atoms with E-state index in [1.807, 2.05) is 6.08 Å². The molecule has 0 unspecified atom stereocenters. The first-order valence-corrected chi connectivity index (χ1v) is 4.05. The Bertz CT molecular complexity index is 308. The predicted molar refractivity (Wildman–Crippen MR) is 49.1 cm³/mol. The van der Waals surface area contributed by atoms with Gasteiger partial charge in [-0.2, -0.15) is 0 Å². The fourth-order valence-electron chi connectivity index (χ4n) is 0.932. The van der Waals surface area contributed by atoms with Gasteiger partial charge in [-0.15, -0.1) is 0 Å². The Balaban J connectivity index is 2.73. The van der Waals surface area contributed by atoms with Crippen molar-refractivity contribution >= 4 is 6.08 Å². The molecule has 0 spiro atoms. The van der Waals surface area contributed by atoms with Crippen LogP contribution in [0.1, 0.15) is 12.0 Å². The lowest BCUT2D eigenvalue weighted by atomic mass is 10.2. The van der Waals surface area contributed by atoms with Gasteiger partial charge in [-0.1, -0.05) is 18.2 Å². The molecule has 0 saturated carbocycles. The van der Waals surface area contributed by atoms with Crippen molar-refractivity contribution in [1.29, 1.82) is 0 Å². The van der Waals surface area contributed by atoms with E-state index in [0.29, 0.717) is 12.1 Å². The molecule has 0 saturated heterocycles. The van der Waals surface area contributed by atoms with Gasteiger partial charge in [-0.05, 0) is 30.7 Å². The maximum Gasteiger partial charge on any atom is 0.159 e. The summed E-state index contributed by atoms with van der Waals surface area (Å²) in [5.41, 5.74) is 5.91. The summed E-state index contributed by atoms with van der Waals surface area (Å²) in [7, 11) is 0. The molecule has 1 aromatic rings. The molecule has 0 atom stereocenters. The van der Waals surface area contributed by atoms with E-state index in [0.717, 1.165) is 18.6 Å². The maximum absolute atomic E-state index is 12.7. The van der Waals surface area contributed by atoms with Gasteiger partial charge in [-0.25, -0.2) is 8.78 Å². The minimum Gasteiger partial charge on any atom is -0.330 e. The summed E-state index contributed by atoms with van der Waals surface area (Å²) in [4.78, 5) is 0. The molecule has 1 nitrogen and oxygen atoms in total. The van der Waals surface area contributed by atoms with E-state index in [1.165, 1.54) is 6.07 Å². The topological polar surface area (TPSA) is 26.0 Å². The first-order chi connectivity index (χ1) is 6.24. The van der Waals surface area contributed by atoms with Crippen LogP contribution in [0.25, 0.3) is 6.08 Å². The lowest BCUT2D eigenvalue weighted by Gasteiger charge is -1.94. The maximum atomic E-state index is 12.7. The monoisotopic (exact) mass is 183 g/mol. The zero-order chi connectivity index (χ0) is 9.68. The van der Waals surface area contributed by atoms with Crippen LogP contribution in [0, 0.1) is 11.6 Å². The van der Waals surface area contributed by atoms with Gasteiger partial charge in [0.05, 0.1) is 0 Å². The molecular weight excluding hydrogens is 172 g/mol. The number of rotatable bonds is 3. The van der Waals surface area contributed by atoms with Crippen molar-refractivity contribution in [2.75, 3.05) is 6.54 Å². The van der Waals surface area contributed by atoms with Gasteiger partial charge in [0.25, 0.3) is 0 Å². The molecule has 0 aromatic heterocycles. The lowest BCUT2D eigenvalue weighted by Crippen LogP contribution is -1.95. The van der Waals surface area contributed by atoms with Gasteiger partial charge in [0.1, 0.15) is 0 Å². The molecule has 0 aliphatic rings. The van der Waals surface area contributed by atoms with Crippen LogP contribution in [0.15, 0.2) is 24.3 Å². The number of halogens is 2. The standard InChI is InChI=1S/C10H11F2N/c11-9-5-4-8(7-10(9)12)3-1-2-6-13/h1,3-5,7H,2,6,13H2/b3-1+. The SMILES string of the molecule is NCC/C=C/c1ccc(F)c(F)c1. The van der Waals surface area contributed by atoms with Gasteiger partial charge < -0.3 is 5.73 Å². The largest absolute Gasteiger partial charge is 0.330 e. The Hall–Kier alpha value is -1.22. The van der Waals surface area contributed by atoms with Crippen LogP contribution < -0.4 is 5.73 Å². The first kappa shape index (κ1) is 9.86. The summed E-state index contributed by atoms with van der Waals surface area (Å²) >= 11 is 0. The van der Waals surface area contributed by atoms with Gasteiger partial charge in [0.15, 0.2) is 11.6 Å². The minimum atomic E-state index is -0.824. The highest BCUT2D eigenvalue weighted by atomic mass is 19.2. The van der Waals surface area contributed by atoms with Crippen LogP contribution in [0.2, 0.25) is 0 Å². The number of hydrogen-bond acceptors (Lipinski definition) is 1. The fourth-order valence-corrected chi connectivity index (χ4v) is 0.932. The average molecular weight is 183 g/mol. The van der Waals surface area contributed by atoms with E-state index in [4.69, 9.17) is 5.73 Å². The van der Waals surface area contributed by atoms with Gasteiger partial charge in [0, 0.05) is 0 Å². The normalized spacial score (nSPS) is 11.0. The van der Waals surface area contributed by atoms with Crippen molar-refractivity contribution in [3.63, 3.8) is 0 Å². The van der Waals surface area contributed by atoms with Crippen molar-refractivity contribution in [2.45, 2.75) is 6.42 Å². The van der Waals surface area contributed by atoms with Crippen LogP contribution in [-0.4, -0.2) is 6.54 Å². The first-order valence-electron chi connectivity index (χ1n) is 4.05. The molecule has 70 valence electrons. The Morgan fingerprint density at radius 1 is 1.23 bits per heavy atom. The highest BCUT2D eigenvalue weighted by molar-refractivity contribution is 5.48. The van der Waals surface area contributed by atoms with Crippen molar-refractivity contribution < 1.29 is 8.78 Å². The number of benzene rings is 1. The highest BCUT2D eigenvalue weighted by Crippen LogP contribution is 2.09. The van der Waals surface area contributed by atoms with Crippen LogP contribution in [0.5, 0.6) is 0 Å². The second-order valence-corrected chi connectivity index (χ2v) is 2.65. The summed E-state index contributed by atoms with van der Waals surface area (Å²) in [6.07, 6.45) is 4.28. The molecule has 1 aromatic carbocycles. The van der Waals surface area contributed by atoms with Crippen molar-refractivity contribution in [3.8, 4) is 0 Å². The molecular formula is C10H11F2N. The van der Waals surface area contributed by atoms with E-state index >= 15 is 0 Å². The minimum absolute atomic E-state index is 0.556. The average Bonchev–Trinajstić information content (AvgIpc) is 2.12. The molecule has 0 heterocycles. The molecule has 0 aliphatic carbocycles. The highest BCUT2D eigenvalue weighted by Gasteiger charge is 1.99. The van der Waals surface area contributed by atoms with Crippen LogP contribution >= 0.6 is 0 Å².